The summed E-state index contributed by atoms with van der Waals surface area (Å²) in [6.45, 7) is 2.77. The molecule has 1 saturated heterocycles. The van der Waals surface area contributed by atoms with Gasteiger partial charge in [0.1, 0.15) is 11.6 Å². The molecule has 11 heteroatoms. The van der Waals surface area contributed by atoms with Gasteiger partial charge < -0.3 is 15.2 Å². The van der Waals surface area contributed by atoms with Gasteiger partial charge in [0.15, 0.2) is 0 Å². The maximum Gasteiger partial charge on any atom is 0.416 e. The molecule has 0 spiro atoms. The predicted octanol–water partition coefficient (Wildman–Crippen LogP) is 5.97. The number of hydrogen-bond donors (Lipinski definition) is 2. The van der Waals surface area contributed by atoms with Gasteiger partial charge in [-0.15, -0.1) is 0 Å². The van der Waals surface area contributed by atoms with Crippen molar-refractivity contribution in [3.8, 4) is 0 Å². The third kappa shape index (κ3) is 6.02. The summed E-state index contributed by atoms with van der Waals surface area (Å²) >= 11 is 0. The van der Waals surface area contributed by atoms with Gasteiger partial charge in [0.05, 0.1) is 29.4 Å². The highest BCUT2D eigenvalue weighted by atomic mass is 19.4. The van der Waals surface area contributed by atoms with Crippen molar-refractivity contribution in [1.29, 1.82) is 0 Å². The van der Waals surface area contributed by atoms with Crippen LogP contribution < -0.4 is 5.32 Å². The molecule has 2 aromatic carbocycles. The molecule has 1 aliphatic heterocycles. The Balaban J connectivity index is 1.88. The van der Waals surface area contributed by atoms with Crippen LogP contribution in [-0.4, -0.2) is 29.9 Å². The molecule has 192 valence electrons. The van der Waals surface area contributed by atoms with Gasteiger partial charge in [0.2, 0.25) is 0 Å². The fourth-order valence-corrected chi connectivity index (χ4v) is 4.17. The number of ether oxygens (including phenoxy) is 1. The van der Waals surface area contributed by atoms with Crippen molar-refractivity contribution in [2.45, 2.75) is 62.3 Å². The smallest absolute Gasteiger partial charge is 0.386 e. The Morgan fingerprint density at radius 3 is 2.03 bits per heavy atom. The Bertz CT molecular complexity index is 986. The Morgan fingerprint density at radius 2 is 1.57 bits per heavy atom. The highest BCUT2D eigenvalue weighted by Gasteiger charge is 2.46. The van der Waals surface area contributed by atoms with Crippen LogP contribution in [-0.2, 0) is 22.6 Å². The van der Waals surface area contributed by atoms with Crippen LogP contribution in [0, 0.1) is 4.91 Å². The van der Waals surface area contributed by atoms with E-state index in [1.165, 1.54) is 13.8 Å². The maximum atomic E-state index is 13.3. The molecule has 1 heterocycles. The zero-order chi connectivity index (χ0) is 26.1. The molecule has 1 fully saturated rings. The van der Waals surface area contributed by atoms with Crippen LogP contribution in [0.1, 0.15) is 55.0 Å². The summed E-state index contributed by atoms with van der Waals surface area (Å²) in [5.41, 5.74) is -4.60. The lowest BCUT2D eigenvalue weighted by Gasteiger charge is -2.46. The van der Waals surface area contributed by atoms with Crippen LogP contribution in [0.3, 0.4) is 0 Å². The van der Waals surface area contributed by atoms with Crippen LogP contribution in [0.5, 0.6) is 0 Å². The molecule has 0 aliphatic carbocycles. The van der Waals surface area contributed by atoms with Crippen molar-refractivity contribution in [1.82, 2.24) is 5.32 Å². The lowest BCUT2D eigenvalue weighted by Crippen LogP contribution is -2.61. The van der Waals surface area contributed by atoms with E-state index in [0.717, 1.165) is 5.56 Å². The number of nitrogens with zero attached hydrogens (tertiary/aromatic N) is 1. The molecule has 0 radical (unpaired) electrons. The molecule has 3 rings (SSSR count). The number of halogens is 6. The summed E-state index contributed by atoms with van der Waals surface area (Å²) in [5, 5.41) is 16.9. The second kappa shape index (κ2) is 9.87. The minimum Gasteiger partial charge on any atom is -0.386 e. The van der Waals surface area contributed by atoms with Gasteiger partial charge in [-0.2, -0.15) is 31.2 Å². The number of β-amino-alcohol motifs (C(OH)–C–C–N with tert-alkyl or cyclic N) is 1. The minimum absolute atomic E-state index is 0.00563. The van der Waals surface area contributed by atoms with E-state index in [4.69, 9.17) is 4.74 Å². The van der Waals surface area contributed by atoms with E-state index >= 15 is 0 Å². The van der Waals surface area contributed by atoms with Gasteiger partial charge in [-0.1, -0.05) is 35.5 Å². The van der Waals surface area contributed by atoms with E-state index < -0.39 is 46.8 Å². The standard InChI is InChI=1S/C24H26F6N2O3/c1-15(17-10-19(23(25,26)27)12-20(11-17)24(28,29)30)35-14-21(18-6-4-3-5-7-18)8-9-22(33,13-31-21)16(2)32-34/h3-7,10-12,15-16,31,33H,8-9,13-14H2,1-2H3/t15-,16?,21-,22?/m1/s1. The number of nitrogens with one attached hydrogen (secondary N) is 1. The van der Waals surface area contributed by atoms with Crippen molar-refractivity contribution < 1.29 is 36.2 Å². The van der Waals surface area contributed by atoms with Crippen molar-refractivity contribution in [3.63, 3.8) is 0 Å². The normalized spacial score (nSPS) is 25.2. The molecule has 0 bridgehead atoms. The predicted molar refractivity (Wildman–Crippen MR) is 116 cm³/mol. The second-order valence-corrected chi connectivity index (χ2v) is 8.98. The lowest BCUT2D eigenvalue weighted by molar-refractivity contribution is -0.143. The fraction of sp³-hybridized carbons (Fsp3) is 0.500. The Kier molecular flexibility index (Phi) is 7.64. The number of piperidine rings is 1. The van der Waals surface area contributed by atoms with Crippen molar-refractivity contribution in [2.75, 3.05) is 13.2 Å². The quantitative estimate of drug-likeness (QED) is 0.360. The van der Waals surface area contributed by atoms with Crippen LogP contribution in [0.2, 0.25) is 0 Å². The number of rotatable bonds is 7. The molecule has 0 amide bonds. The van der Waals surface area contributed by atoms with Crippen LogP contribution in [0.4, 0.5) is 26.3 Å². The molecular weight excluding hydrogens is 478 g/mol. The zero-order valence-electron chi connectivity index (χ0n) is 19.1. The van der Waals surface area contributed by atoms with Gasteiger partial charge in [0, 0.05) is 6.54 Å². The lowest BCUT2D eigenvalue weighted by atomic mass is 9.75. The van der Waals surface area contributed by atoms with Gasteiger partial charge in [-0.05, 0) is 56.0 Å². The van der Waals surface area contributed by atoms with Crippen molar-refractivity contribution in [2.24, 2.45) is 5.18 Å². The van der Waals surface area contributed by atoms with Crippen molar-refractivity contribution >= 4 is 0 Å². The SMILES string of the molecule is CC(N=O)C1(O)CC[C@@](CO[C@H](C)c2cc(C(F)(F)F)cc(C(F)(F)F)c2)(c2ccccc2)NC1. The first-order valence-corrected chi connectivity index (χ1v) is 11.0. The molecular formula is C24H26F6N2O3. The van der Waals surface area contributed by atoms with E-state index in [1.807, 2.05) is 0 Å². The Morgan fingerprint density at radius 1 is 1.00 bits per heavy atom. The first-order chi connectivity index (χ1) is 16.2. The highest BCUT2D eigenvalue weighted by molar-refractivity contribution is 5.35. The topological polar surface area (TPSA) is 70.9 Å². The second-order valence-electron chi connectivity index (χ2n) is 8.98. The molecule has 0 aromatic heterocycles. The molecule has 0 saturated carbocycles. The molecule has 2 aromatic rings. The highest BCUT2D eigenvalue weighted by Crippen LogP contribution is 2.40. The average molecular weight is 504 g/mol. The third-order valence-corrected chi connectivity index (χ3v) is 6.64. The summed E-state index contributed by atoms with van der Waals surface area (Å²) in [7, 11) is 0. The summed E-state index contributed by atoms with van der Waals surface area (Å²) in [6.07, 6.45) is -10.5. The number of benzene rings is 2. The summed E-state index contributed by atoms with van der Waals surface area (Å²) in [4.78, 5) is 11.0. The van der Waals surface area contributed by atoms with E-state index in [2.05, 4.69) is 10.5 Å². The molecule has 1 aliphatic rings. The Labute approximate surface area is 198 Å². The van der Waals surface area contributed by atoms with Gasteiger partial charge in [-0.3, -0.25) is 0 Å². The van der Waals surface area contributed by atoms with Crippen molar-refractivity contribution in [3.05, 3.63) is 75.7 Å². The summed E-state index contributed by atoms with van der Waals surface area (Å²) < 4.78 is 85.4. The third-order valence-electron chi connectivity index (χ3n) is 6.64. The minimum atomic E-state index is -4.96. The summed E-state index contributed by atoms with van der Waals surface area (Å²) in [5.74, 6) is 0. The Hall–Kier alpha value is -2.50. The monoisotopic (exact) mass is 504 g/mol. The van der Waals surface area contributed by atoms with Gasteiger partial charge >= 0.3 is 12.4 Å². The molecule has 2 N–H and O–H groups in total. The first-order valence-electron chi connectivity index (χ1n) is 11.0. The molecule has 5 nitrogen and oxygen atoms in total. The van der Waals surface area contributed by atoms with E-state index in [0.29, 0.717) is 12.1 Å². The van der Waals surface area contributed by atoms with E-state index in [9.17, 15) is 36.4 Å². The van der Waals surface area contributed by atoms with Gasteiger partial charge in [0.25, 0.3) is 0 Å². The van der Waals surface area contributed by atoms with Crippen LogP contribution >= 0.6 is 0 Å². The molecule has 2 unspecified atom stereocenters. The summed E-state index contributed by atoms with van der Waals surface area (Å²) in [6, 6.07) is 9.46. The average Bonchev–Trinajstić information content (AvgIpc) is 2.82. The number of hydrogen-bond acceptors (Lipinski definition) is 5. The number of aliphatic hydroxyl groups is 1. The fourth-order valence-electron chi connectivity index (χ4n) is 4.17. The first kappa shape index (κ1) is 27.1. The maximum absolute atomic E-state index is 13.3. The molecule has 4 atom stereocenters. The van der Waals surface area contributed by atoms with E-state index in [1.54, 1.807) is 30.3 Å². The van der Waals surface area contributed by atoms with Gasteiger partial charge in [-0.25, -0.2) is 0 Å². The van der Waals surface area contributed by atoms with E-state index in [-0.39, 0.29) is 37.6 Å². The molecule has 35 heavy (non-hydrogen) atoms. The number of nitroso groups, excluding NO2 is 1. The number of alkyl halides is 6. The zero-order valence-corrected chi connectivity index (χ0v) is 19.1. The van der Waals surface area contributed by atoms with Crippen LogP contribution in [0.15, 0.2) is 53.7 Å². The van der Waals surface area contributed by atoms with Crippen LogP contribution in [0.25, 0.3) is 0 Å². The largest absolute Gasteiger partial charge is 0.416 e.